The van der Waals surface area contributed by atoms with Gasteiger partial charge in [0.25, 0.3) is 17.7 Å². The van der Waals surface area contributed by atoms with Gasteiger partial charge in [0.1, 0.15) is 23.2 Å². The van der Waals surface area contributed by atoms with Gasteiger partial charge in [0.05, 0.1) is 25.4 Å². The number of H-pyrrole nitrogens is 1. The molecule has 49 heavy (non-hydrogen) atoms. The molecule has 2 atom stereocenters. The number of likely N-dealkylation sites (tertiary alicyclic amines) is 1. The number of aryl methyl sites for hydroxylation is 1. The normalized spacial score (nSPS) is 17.6. The average molecular weight is 659 g/mol. The van der Waals surface area contributed by atoms with Crippen molar-refractivity contribution in [3.05, 3.63) is 114 Å². The summed E-state index contributed by atoms with van der Waals surface area (Å²) in [5.74, 6) is 0.529. The molecular formula is C37H34N6O6. The minimum absolute atomic E-state index is 0.162. The number of methoxy groups -OCH3 is 1. The Hall–Kier alpha value is -6.17. The van der Waals surface area contributed by atoms with E-state index in [1.54, 1.807) is 41.4 Å². The van der Waals surface area contributed by atoms with Crippen molar-refractivity contribution in [3.63, 3.8) is 0 Å². The van der Waals surface area contributed by atoms with Gasteiger partial charge in [-0.3, -0.25) is 24.5 Å². The summed E-state index contributed by atoms with van der Waals surface area (Å²) in [6.45, 7) is 2.44. The molecule has 3 aliphatic rings. The third-order valence-corrected chi connectivity index (χ3v) is 8.62. The fourth-order valence-corrected chi connectivity index (χ4v) is 6.01. The van der Waals surface area contributed by atoms with Crippen molar-refractivity contribution in [1.82, 2.24) is 30.7 Å². The van der Waals surface area contributed by atoms with Crippen molar-refractivity contribution in [1.29, 1.82) is 0 Å². The summed E-state index contributed by atoms with van der Waals surface area (Å²) in [6.07, 6.45) is 1.05. The maximum Gasteiger partial charge on any atom is 0.272 e. The number of rotatable bonds is 3. The van der Waals surface area contributed by atoms with Crippen LogP contribution in [0.25, 0.3) is 22.5 Å². The Bertz CT molecular complexity index is 2030. The lowest BCUT2D eigenvalue weighted by atomic mass is 9.97. The van der Waals surface area contributed by atoms with E-state index in [0.717, 1.165) is 22.3 Å². The van der Waals surface area contributed by atoms with Gasteiger partial charge in [-0.2, -0.15) is 5.10 Å². The zero-order valence-corrected chi connectivity index (χ0v) is 26.9. The minimum atomic E-state index is -0.616. The van der Waals surface area contributed by atoms with Crippen LogP contribution in [0, 0.1) is 6.92 Å². The second-order valence-electron chi connectivity index (χ2n) is 11.9. The van der Waals surface area contributed by atoms with E-state index >= 15 is 0 Å². The van der Waals surface area contributed by atoms with Gasteiger partial charge >= 0.3 is 0 Å². The zero-order valence-electron chi connectivity index (χ0n) is 26.9. The van der Waals surface area contributed by atoms with Crippen molar-refractivity contribution in [3.8, 4) is 39.8 Å². The van der Waals surface area contributed by atoms with Crippen molar-refractivity contribution in [2.24, 2.45) is 0 Å². The third-order valence-electron chi connectivity index (χ3n) is 8.62. The lowest BCUT2D eigenvalue weighted by Crippen LogP contribution is -2.45. The Kier molecular flexibility index (Phi) is 8.67. The molecule has 0 unspecified atom stereocenters. The monoisotopic (exact) mass is 658 g/mol. The number of amides is 3. The highest BCUT2D eigenvalue weighted by Crippen LogP contribution is 2.32. The van der Waals surface area contributed by atoms with E-state index < -0.39 is 12.1 Å². The van der Waals surface area contributed by atoms with Crippen LogP contribution in [0.15, 0.2) is 91.1 Å². The molecule has 3 aliphatic heterocycles. The second-order valence-corrected chi connectivity index (χ2v) is 11.9. The Morgan fingerprint density at radius 1 is 0.939 bits per heavy atom. The zero-order chi connectivity index (χ0) is 33.9. The number of nitrogens with one attached hydrogen (secondary N) is 3. The SMILES string of the molecule is COc1cc2ccc1O[C@H]1CN(C(=O)c3cc(-c4ccccn4)n[nH]3)C[C@@H]1NC(=O)c1ccc(C)c(c1)-c1cccc(c1)OCC(=O)NC2. The quantitative estimate of drug-likeness (QED) is 0.262. The van der Waals surface area contributed by atoms with Crippen LogP contribution in [0.5, 0.6) is 17.2 Å². The van der Waals surface area contributed by atoms with E-state index in [2.05, 4.69) is 25.8 Å². The van der Waals surface area contributed by atoms with E-state index in [4.69, 9.17) is 14.2 Å². The van der Waals surface area contributed by atoms with Gasteiger partial charge in [-0.25, -0.2) is 0 Å². The molecule has 0 saturated carbocycles. The minimum Gasteiger partial charge on any atom is -0.493 e. The molecule has 1 saturated heterocycles. The fraction of sp³-hybridized carbons (Fsp3) is 0.216. The van der Waals surface area contributed by atoms with E-state index in [1.807, 2.05) is 61.5 Å². The summed E-state index contributed by atoms with van der Waals surface area (Å²) >= 11 is 0. The molecule has 248 valence electrons. The van der Waals surface area contributed by atoms with Crippen LogP contribution in [0.2, 0.25) is 0 Å². The smallest absolute Gasteiger partial charge is 0.272 e. The molecule has 0 aliphatic carbocycles. The molecule has 3 N–H and O–H groups in total. The Labute approximate surface area is 282 Å². The number of fused-ring (bicyclic) bond motifs is 7. The molecule has 0 spiro atoms. The summed E-state index contributed by atoms with van der Waals surface area (Å²) in [6, 6.07) is 24.8. The lowest BCUT2D eigenvalue weighted by molar-refractivity contribution is -0.123. The van der Waals surface area contributed by atoms with Gasteiger partial charge < -0.3 is 29.7 Å². The molecule has 3 aromatic carbocycles. The first-order chi connectivity index (χ1) is 23.8. The van der Waals surface area contributed by atoms with Crippen LogP contribution in [0.3, 0.4) is 0 Å². The number of carbonyl (C=O) groups excluding carboxylic acids is 3. The largest absolute Gasteiger partial charge is 0.493 e. The molecule has 1 fully saturated rings. The molecule has 6 bridgehead atoms. The Morgan fingerprint density at radius 2 is 1.84 bits per heavy atom. The van der Waals surface area contributed by atoms with Crippen LogP contribution in [-0.4, -0.2) is 76.8 Å². The predicted molar refractivity (Wildman–Crippen MR) is 180 cm³/mol. The maximum atomic E-state index is 13.8. The van der Waals surface area contributed by atoms with E-state index in [-0.39, 0.29) is 44.0 Å². The molecular weight excluding hydrogens is 624 g/mol. The van der Waals surface area contributed by atoms with Crippen LogP contribution in [-0.2, 0) is 11.3 Å². The first-order valence-corrected chi connectivity index (χ1v) is 15.9. The van der Waals surface area contributed by atoms with E-state index in [0.29, 0.717) is 39.9 Å². The fourth-order valence-electron chi connectivity index (χ4n) is 6.01. The second kappa shape index (κ2) is 13.5. The molecule has 5 heterocycles. The molecule has 12 heteroatoms. The number of hydrogen-bond donors (Lipinski definition) is 3. The van der Waals surface area contributed by atoms with Crippen molar-refractivity contribution in [2.45, 2.75) is 25.6 Å². The lowest BCUT2D eigenvalue weighted by Gasteiger charge is -2.23. The molecule has 2 aromatic heterocycles. The Morgan fingerprint density at radius 3 is 2.67 bits per heavy atom. The topological polar surface area (TPSA) is 148 Å². The summed E-state index contributed by atoms with van der Waals surface area (Å²) in [7, 11) is 1.53. The van der Waals surface area contributed by atoms with Crippen LogP contribution in [0.1, 0.15) is 32.0 Å². The van der Waals surface area contributed by atoms with Crippen LogP contribution < -0.4 is 24.8 Å². The van der Waals surface area contributed by atoms with Gasteiger partial charge in [-0.1, -0.05) is 30.3 Å². The number of aromatic amines is 1. The number of nitrogens with zero attached hydrogens (tertiary/aromatic N) is 3. The maximum absolute atomic E-state index is 13.8. The number of benzene rings is 3. The van der Waals surface area contributed by atoms with Gasteiger partial charge in [0.15, 0.2) is 18.1 Å². The van der Waals surface area contributed by atoms with E-state index in [9.17, 15) is 14.4 Å². The molecule has 5 aromatic rings. The Balaban J connectivity index is 1.21. The number of pyridine rings is 1. The van der Waals surface area contributed by atoms with E-state index in [1.165, 1.54) is 7.11 Å². The summed E-state index contributed by atoms with van der Waals surface area (Å²) < 4.78 is 17.9. The standard InChI is InChI=1S/C37H34N6O6/c1-22-9-11-25-16-27(22)24-6-5-7-26(15-24)48-21-35(44)39-18-23-10-12-32(33(14-23)47-2)49-34-20-43(19-31(34)40-36(25)45)37(46)30-17-29(41-42-30)28-8-3-4-13-38-28/h3-17,31,34H,18-21H2,1-2H3,(H,39,44)(H,40,45)(H,41,42)/t31-,34-/m0/s1. The highest BCUT2D eigenvalue weighted by Gasteiger charge is 2.39. The van der Waals surface area contributed by atoms with Gasteiger partial charge in [-0.15, -0.1) is 0 Å². The first-order valence-electron chi connectivity index (χ1n) is 15.9. The van der Waals surface area contributed by atoms with Gasteiger partial charge in [-0.05, 0) is 83.8 Å². The number of carbonyl (C=O) groups is 3. The summed E-state index contributed by atoms with van der Waals surface area (Å²) in [4.78, 5) is 46.2. The van der Waals surface area contributed by atoms with Gasteiger partial charge in [0.2, 0.25) is 0 Å². The molecule has 12 nitrogen and oxygen atoms in total. The number of aromatic nitrogens is 3. The first kappa shape index (κ1) is 31.4. The van der Waals surface area contributed by atoms with Crippen LogP contribution >= 0.6 is 0 Å². The number of ether oxygens (including phenoxy) is 3. The highest BCUT2D eigenvalue weighted by atomic mass is 16.5. The molecule has 3 amide bonds. The van der Waals surface area contributed by atoms with Crippen molar-refractivity contribution in [2.75, 3.05) is 26.8 Å². The predicted octanol–water partition coefficient (Wildman–Crippen LogP) is 4.17. The van der Waals surface area contributed by atoms with Crippen LogP contribution in [0.4, 0.5) is 0 Å². The summed E-state index contributed by atoms with van der Waals surface area (Å²) in [5, 5.41) is 13.1. The molecule has 0 radical (unpaired) electrons. The number of hydrogen-bond acceptors (Lipinski definition) is 8. The van der Waals surface area contributed by atoms with Gasteiger partial charge in [0, 0.05) is 24.8 Å². The summed E-state index contributed by atoms with van der Waals surface area (Å²) in [5.41, 5.74) is 5.37. The third kappa shape index (κ3) is 6.79. The molecule has 8 rings (SSSR count). The highest BCUT2D eigenvalue weighted by molar-refractivity contribution is 5.97. The van der Waals surface area contributed by atoms with Crippen molar-refractivity contribution < 1.29 is 28.6 Å². The average Bonchev–Trinajstić information content (AvgIpc) is 3.78. The van der Waals surface area contributed by atoms with Crippen molar-refractivity contribution >= 4 is 17.7 Å².